The summed E-state index contributed by atoms with van der Waals surface area (Å²) < 4.78 is 47.0. The van der Waals surface area contributed by atoms with Crippen LogP contribution >= 0.6 is 11.6 Å². The highest BCUT2D eigenvalue weighted by Gasteiger charge is 2.33. The molecule has 0 atom stereocenters. The van der Waals surface area contributed by atoms with E-state index in [1.807, 2.05) is 10.6 Å². The van der Waals surface area contributed by atoms with Crippen molar-refractivity contribution < 1.29 is 22.7 Å². The van der Waals surface area contributed by atoms with Crippen molar-refractivity contribution in [2.45, 2.75) is 31.9 Å². The lowest BCUT2D eigenvalue weighted by atomic mass is 10.1. The second-order valence-corrected chi connectivity index (χ2v) is 8.89. The predicted molar refractivity (Wildman–Crippen MR) is 140 cm³/mol. The molecule has 4 aromatic rings. The molecule has 5 rings (SSSR count). The molecule has 0 unspecified atom stereocenters. The van der Waals surface area contributed by atoms with Crippen LogP contribution in [0.2, 0.25) is 5.02 Å². The number of benzene rings is 2. The Morgan fingerprint density at radius 1 is 1.21 bits per heavy atom. The number of aromatic nitrogens is 3. The fourth-order valence-corrected chi connectivity index (χ4v) is 4.92. The summed E-state index contributed by atoms with van der Waals surface area (Å²) in [4.78, 5) is 21.3. The second-order valence-electron chi connectivity index (χ2n) is 8.48. The first kappa shape index (κ1) is 26.9. The van der Waals surface area contributed by atoms with Gasteiger partial charge in [0.15, 0.2) is 5.82 Å². The number of nitrogen functional groups attached to an aromatic ring is 1. The monoisotopic (exact) mass is 544 g/mol. The quantitative estimate of drug-likeness (QED) is 0.282. The third-order valence-electron chi connectivity index (χ3n) is 6.25. The van der Waals surface area contributed by atoms with E-state index in [4.69, 9.17) is 27.5 Å². The number of hydrogen-bond donors (Lipinski definition) is 3. The lowest BCUT2D eigenvalue weighted by molar-refractivity contribution is -0.137. The maximum Gasteiger partial charge on any atom is 0.417 e. The molecule has 1 aliphatic carbocycles. The molecule has 0 saturated heterocycles. The summed E-state index contributed by atoms with van der Waals surface area (Å²) in [5.41, 5.74) is 10.4. The van der Waals surface area contributed by atoms with Gasteiger partial charge < -0.3 is 25.8 Å². The van der Waals surface area contributed by atoms with Gasteiger partial charge in [-0.25, -0.2) is 9.97 Å². The van der Waals surface area contributed by atoms with Crippen LogP contribution in [0.3, 0.4) is 0 Å². The van der Waals surface area contributed by atoms with Gasteiger partial charge in [-0.15, -0.1) is 0 Å². The van der Waals surface area contributed by atoms with Crippen molar-refractivity contribution in [2.24, 2.45) is 0 Å². The van der Waals surface area contributed by atoms with Gasteiger partial charge in [-0.2, -0.15) is 13.2 Å². The van der Waals surface area contributed by atoms with Crippen LogP contribution in [0.25, 0.3) is 16.7 Å². The third-order valence-corrected chi connectivity index (χ3v) is 6.58. The van der Waals surface area contributed by atoms with Gasteiger partial charge in [0.25, 0.3) is 0 Å². The summed E-state index contributed by atoms with van der Waals surface area (Å²) in [6, 6.07) is 8.64. The normalized spacial score (nSPS) is 12.6. The van der Waals surface area contributed by atoms with E-state index in [-0.39, 0.29) is 12.1 Å². The van der Waals surface area contributed by atoms with Crippen LogP contribution in [0.4, 0.5) is 24.7 Å². The number of nitrogens with zero attached hydrogens (tertiary/aromatic N) is 3. The second kappa shape index (κ2) is 10.7. The van der Waals surface area contributed by atoms with Crippen LogP contribution in [0.1, 0.15) is 28.8 Å². The van der Waals surface area contributed by atoms with Crippen molar-refractivity contribution >= 4 is 46.8 Å². The molecule has 12 heteroatoms. The maximum absolute atomic E-state index is 13.1. The van der Waals surface area contributed by atoms with E-state index in [0.29, 0.717) is 17.1 Å². The molecule has 8 nitrogen and oxygen atoms in total. The number of halogens is 4. The molecule has 1 amide bonds. The van der Waals surface area contributed by atoms with Crippen LogP contribution in [-0.4, -0.2) is 34.3 Å². The molecule has 4 N–H and O–H groups in total. The van der Waals surface area contributed by atoms with E-state index in [1.165, 1.54) is 19.5 Å². The Bertz CT molecular complexity index is 1520. The van der Waals surface area contributed by atoms with E-state index < -0.39 is 22.7 Å². The van der Waals surface area contributed by atoms with Gasteiger partial charge in [0.1, 0.15) is 17.6 Å². The summed E-state index contributed by atoms with van der Waals surface area (Å²) >= 11 is 5.66. The molecule has 0 aliphatic heterocycles. The number of carbonyl (C=O) groups excluding carboxylic acids is 1. The third kappa shape index (κ3) is 5.01. The average Bonchev–Trinajstić information content (AvgIpc) is 3.48. The summed E-state index contributed by atoms with van der Waals surface area (Å²) in [5.74, 6) is 0.332. The Labute approximate surface area is 221 Å². The number of methoxy groups -OCH3 is 1. The topological polar surface area (TPSA) is 119 Å². The SMILES string of the molecule is C=N.COc1cc(-n2c3c(c4ncnc(N)c42)CCC3)ccc1CC(=O)Nc1ccc(Cl)c(C(F)(F)F)c1. The molecule has 0 spiro atoms. The van der Waals surface area contributed by atoms with Gasteiger partial charge >= 0.3 is 6.18 Å². The Morgan fingerprint density at radius 3 is 2.68 bits per heavy atom. The summed E-state index contributed by atoms with van der Waals surface area (Å²) in [6.45, 7) is 2.50. The van der Waals surface area contributed by atoms with Crippen molar-refractivity contribution in [3.63, 3.8) is 0 Å². The Hall–Kier alpha value is -4.12. The molecule has 2 aromatic carbocycles. The fourth-order valence-electron chi connectivity index (χ4n) is 4.70. The summed E-state index contributed by atoms with van der Waals surface area (Å²) in [7, 11) is 1.49. The predicted octanol–water partition coefficient (Wildman–Crippen LogP) is 5.62. The standard InChI is InChI=1S/C25H21ClF3N5O2.CH3N/c1-36-20-11-15(34-19-4-2-3-16(19)22-23(34)24(30)32-12-31-22)7-5-13(20)9-21(35)33-14-6-8-18(26)17(10-14)25(27,28)29;1-2/h5-8,10-12H,2-4,9H2,1H3,(H,33,35)(H2,30,31,32);2H,1H2. The Morgan fingerprint density at radius 2 is 1.97 bits per heavy atom. The number of carbonyl (C=O) groups is 1. The molecular weight excluding hydrogens is 521 g/mol. The molecule has 2 heterocycles. The molecule has 0 fully saturated rings. The fraction of sp³-hybridized carbons (Fsp3) is 0.231. The van der Waals surface area contributed by atoms with E-state index in [9.17, 15) is 18.0 Å². The van der Waals surface area contributed by atoms with Gasteiger partial charge in [-0.3, -0.25) is 4.79 Å². The van der Waals surface area contributed by atoms with Gasteiger partial charge in [-0.1, -0.05) is 17.7 Å². The number of amides is 1. The number of aryl methyl sites for hydroxylation is 1. The van der Waals surface area contributed by atoms with Gasteiger partial charge in [-0.05, 0) is 55.8 Å². The van der Waals surface area contributed by atoms with Gasteiger partial charge in [0.05, 0.1) is 29.6 Å². The van der Waals surface area contributed by atoms with Crippen LogP contribution in [0, 0.1) is 5.41 Å². The van der Waals surface area contributed by atoms with Crippen LogP contribution in [0.5, 0.6) is 5.75 Å². The minimum absolute atomic E-state index is 0.00263. The zero-order valence-electron chi connectivity index (χ0n) is 20.3. The number of anilines is 2. The molecule has 38 heavy (non-hydrogen) atoms. The van der Waals surface area contributed by atoms with E-state index >= 15 is 0 Å². The number of hydrogen-bond acceptors (Lipinski definition) is 6. The number of nitrogens with one attached hydrogen (secondary N) is 2. The number of ether oxygens (including phenoxy) is 1. The van der Waals surface area contributed by atoms with Crippen LogP contribution in [0.15, 0.2) is 42.7 Å². The van der Waals surface area contributed by atoms with Crippen molar-refractivity contribution in [1.82, 2.24) is 14.5 Å². The number of rotatable bonds is 5. The zero-order chi connectivity index (χ0) is 27.6. The van der Waals surface area contributed by atoms with Gasteiger partial charge in [0.2, 0.25) is 5.91 Å². The molecule has 0 radical (unpaired) electrons. The van der Waals surface area contributed by atoms with Gasteiger partial charge in [0, 0.05) is 28.7 Å². The van der Waals surface area contributed by atoms with Crippen LogP contribution < -0.4 is 15.8 Å². The molecular formula is C26H24ClF3N6O2. The minimum atomic E-state index is -4.63. The first-order chi connectivity index (χ1) is 18.2. The summed E-state index contributed by atoms with van der Waals surface area (Å²) in [5, 5.41) is 7.56. The maximum atomic E-state index is 13.1. The smallest absolute Gasteiger partial charge is 0.417 e. The van der Waals surface area contributed by atoms with Crippen molar-refractivity contribution in [2.75, 3.05) is 18.2 Å². The molecule has 198 valence electrons. The molecule has 2 aromatic heterocycles. The molecule has 0 saturated carbocycles. The summed E-state index contributed by atoms with van der Waals surface area (Å²) in [6.07, 6.45) is -0.483. The molecule has 0 bridgehead atoms. The minimum Gasteiger partial charge on any atom is -0.496 e. The average molecular weight is 545 g/mol. The van der Waals surface area contributed by atoms with Crippen molar-refractivity contribution in [1.29, 1.82) is 5.41 Å². The molecule has 1 aliphatic rings. The number of alkyl halides is 3. The Kier molecular flexibility index (Phi) is 7.58. The first-order valence-corrected chi connectivity index (χ1v) is 11.9. The highest BCUT2D eigenvalue weighted by molar-refractivity contribution is 6.31. The van der Waals surface area contributed by atoms with E-state index in [1.54, 1.807) is 12.1 Å². The lowest BCUT2D eigenvalue weighted by Gasteiger charge is -2.15. The highest BCUT2D eigenvalue weighted by Crippen LogP contribution is 2.38. The lowest BCUT2D eigenvalue weighted by Crippen LogP contribution is -2.16. The largest absolute Gasteiger partial charge is 0.496 e. The Balaban J connectivity index is 0.00000164. The number of fused-ring (bicyclic) bond motifs is 3. The number of nitrogens with two attached hydrogens (primary N) is 1. The van der Waals surface area contributed by atoms with Crippen molar-refractivity contribution in [3.05, 3.63) is 70.1 Å². The first-order valence-electron chi connectivity index (χ1n) is 11.5. The zero-order valence-corrected chi connectivity index (χ0v) is 21.1. The highest BCUT2D eigenvalue weighted by atomic mass is 35.5. The van der Waals surface area contributed by atoms with Crippen molar-refractivity contribution in [3.8, 4) is 11.4 Å². The van der Waals surface area contributed by atoms with E-state index in [0.717, 1.165) is 59.4 Å². The van der Waals surface area contributed by atoms with Crippen LogP contribution in [-0.2, 0) is 30.2 Å². The van der Waals surface area contributed by atoms with E-state index in [2.05, 4.69) is 22.0 Å².